The Kier molecular flexibility index (Phi) is 6.01. The van der Waals surface area contributed by atoms with Crippen LogP contribution in [-0.4, -0.2) is 50.6 Å². The Hall–Kier alpha value is -2.24. The normalized spacial score (nSPS) is 15.0. The SMILES string of the molecule is CCN1CCN(c2c(Cl)cccc2NC(=O)c2ccc(OC)cc2)CC1. The fraction of sp³-hybridized carbons (Fsp3) is 0.350. The Labute approximate surface area is 159 Å². The fourth-order valence-electron chi connectivity index (χ4n) is 3.16. The van der Waals surface area contributed by atoms with Gasteiger partial charge in [-0.1, -0.05) is 24.6 Å². The highest BCUT2D eigenvalue weighted by atomic mass is 35.5. The van der Waals surface area contributed by atoms with E-state index >= 15 is 0 Å². The number of piperazine rings is 1. The van der Waals surface area contributed by atoms with E-state index in [-0.39, 0.29) is 5.91 Å². The van der Waals surface area contributed by atoms with Gasteiger partial charge in [-0.05, 0) is 42.9 Å². The van der Waals surface area contributed by atoms with Gasteiger partial charge in [-0.25, -0.2) is 0 Å². The largest absolute Gasteiger partial charge is 0.497 e. The highest BCUT2D eigenvalue weighted by Crippen LogP contribution is 2.35. The van der Waals surface area contributed by atoms with E-state index in [1.54, 1.807) is 31.4 Å². The molecule has 6 heteroatoms. The first-order chi connectivity index (χ1) is 12.6. The third-order valence-electron chi connectivity index (χ3n) is 4.72. The molecule has 1 fully saturated rings. The van der Waals surface area contributed by atoms with Gasteiger partial charge in [0.15, 0.2) is 0 Å². The van der Waals surface area contributed by atoms with Crippen LogP contribution in [0.1, 0.15) is 17.3 Å². The van der Waals surface area contributed by atoms with Crippen molar-refractivity contribution in [3.05, 3.63) is 53.1 Å². The molecular formula is C20H24ClN3O2. The number of ether oxygens (including phenoxy) is 1. The lowest BCUT2D eigenvalue weighted by Crippen LogP contribution is -2.46. The highest BCUT2D eigenvalue weighted by molar-refractivity contribution is 6.34. The molecule has 0 unspecified atom stereocenters. The van der Waals surface area contributed by atoms with Gasteiger partial charge in [-0.3, -0.25) is 4.79 Å². The summed E-state index contributed by atoms with van der Waals surface area (Å²) in [4.78, 5) is 17.3. The van der Waals surface area contributed by atoms with Crippen molar-refractivity contribution in [3.8, 4) is 5.75 Å². The number of para-hydroxylation sites is 1. The third-order valence-corrected chi connectivity index (χ3v) is 5.03. The molecule has 2 aromatic rings. The zero-order valence-electron chi connectivity index (χ0n) is 15.2. The van der Waals surface area contributed by atoms with Crippen LogP contribution in [0.5, 0.6) is 5.75 Å². The average molecular weight is 374 g/mol. The number of likely N-dealkylation sites (N-methyl/N-ethyl adjacent to an activating group) is 1. The van der Waals surface area contributed by atoms with Crippen LogP contribution in [0.4, 0.5) is 11.4 Å². The zero-order chi connectivity index (χ0) is 18.5. The Morgan fingerprint density at radius 1 is 1.12 bits per heavy atom. The summed E-state index contributed by atoms with van der Waals surface area (Å²) in [6.45, 7) is 7.00. The Bertz CT molecular complexity index is 756. The number of nitrogens with zero attached hydrogens (tertiary/aromatic N) is 2. The first-order valence-electron chi connectivity index (χ1n) is 8.83. The maximum Gasteiger partial charge on any atom is 0.255 e. The zero-order valence-corrected chi connectivity index (χ0v) is 15.9. The van der Waals surface area contributed by atoms with E-state index in [4.69, 9.17) is 16.3 Å². The van der Waals surface area contributed by atoms with Gasteiger partial charge in [-0.15, -0.1) is 0 Å². The number of hydrogen-bond donors (Lipinski definition) is 1. The van der Waals surface area contributed by atoms with Crippen LogP contribution in [0.2, 0.25) is 5.02 Å². The van der Waals surface area contributed by atoms with Crippen molar-refractivity contribution < 1.29 is 9.53 Å². The Balaban J connectivity index is 1.79. The maximum absolute atomic E-state index is 12.6. The standard InChI is InChI=1S/C20H24ClN3O2/c1-3-23-11-13-24(14-12-23)19-17(21)5-4-6-18(19)22-20(25)15-7-9-16(26-2)10-8-15/h4-10H,3,11-14H2,1-2H3,(H,22,25). The molecule has 0 aliphatic carbocycles. The van der Waals surface area contributed by atoms with Crippen molar-refractivity contribution in [1.29, 1.82) is 0 Å². The van der Waals surface area contributed by atoms with Gasteiger partial charge in [-0.2, -0.15) is 0 Å². The van der Waals surface area contributed by atoms with Crippen molar-refractivity contribution in [2.75, 3.05) is 50.1 Å². The number of carbonyl (C=O) groups excluding carboxylic acids is 1. The molecule has 1 aliphatic heterocycles. The summed E-state index contributed by atoms with van der Waals surface area (Å²) in [5, 5.41) is 3.66. The predicted octanol–water partition coefficient (Wildman–Crippen LogP) is 3.74. The molecule has 0 spiro atoms. The Morgan fingerprint density at radius 2 is 1.81 bits per heavy atom. The molecule has 1 amide bonds. The number of rotatable bonds is 5. The lowest BCUT2D eigenvalue weighted by Gasteiger charge is -2.36. The van der Waals surface area contributed by atoms with Crippen molar-refractivity contribution in [2.45, 2.75) is 6.92 Å². The van der Waals surface area contributed by atoms with Gasteiger partial charge >= 0.3 is 0 Å². The number of benzene rings is 2. The molecular weight excluding hydrogens is 350 g/mol. The van der Waals surface area contributed by atoms with Crippen LogP contribution in [0.25, 0.3) is 0 Å². The smallest absolute Gasteiger partial charge is 0.255 e. The summed E-state index contributed by atoms with van der Waals surface area (Å²) in [5.74, 6) is 0.558. The number of amides is 1. The monoisotopic (exact) mass is 373 g/mol. The summed E-state index contributed by atoms with van der Waals surface area (Å²) in [6.07, 6.45) is 0. The van der Waals surface area contributed by atoms with Gasteiger partial charge in [0.1, 0.15) is 5.75 Å². The van der Waals surface area contributed by atoms with Gasteiger partial charge < -0.3 is 19.9 Å². The minimum Gasteiger partial charge on any atom is -0.497 e. The van der Waals surface area contributed by atoms with E-state index < -0.39 is 0 Å². The minimum atomic E-state index is -0.164. The molecule has 1 saturated heterocycles. The summed E-state index contributed by atoms with van der Waals surface area (Å²) in [7, 11) is 1.60. The van der Waals surface area contributed by atoms with Gasteiger partial charge in [0.2, 0.25) is 0 Å². The van der Waals surface area contributed by atoms with Crippen molar-refractivity contribution >= 4 is 28.9 Å². The van der Waals surface area contributed by atoms with Gasteiger partial charge in [0.05, 0.1) is 23.5 Å². The minimum absolute atomic E-state index is 0.164. The van der Waals surface area contributed by atoms with Crippen LogP contribution >= 0.6 is 11.6 Å². The van der Waals surface area contributed by atoms with Crippen LogP contribution in [-0.2, 0) is 0 Å². The quantitative estimate of drug-likeness (QED) is 0.867. The van der Waals surface area contributed by atoms with E-state index in [0.717, 1.165) is 49.8 Å². The molecule has 1 N–H and O–H groups in total. The number of carbonyl (C=O) groups is 1. The van der Waals surface area contributed by atoms with Crippen molar-refractivity contribution in [1.82, 2.24) is 4.90 Å². The molecule has 2 aromatic carbocycles. The van der Waals surface area contributed by atoms with E-state index in [1.807, 2.05) is 18.2 Å². The summed E-state index contributed by atoms with van der Waals surface area (Å²) in [5.41, 5.74) is 2.21. The number of nitrogens with one attached hydrogen (secondary N) is 1. The lowest BCUT2D eigenvalue weighted by molar-refractivity contribution is 0.102. The third kappa shape index (κ3) is 4.11. The second-order valence-corrected chi connectivity index (χ2v) is 6.65. The summed E-state index contributed by atoms with van der Waals surface area (Å²) < 4.78 is 5.14. The first-order valence-corrected chi connectivity index (χ1v) is 9.21. The van der Waals surface area contributed by atoms with E-state index in [0.29, 0.717) is 10.6 Å². The molecule has 26 heavy (non-hydrogen) atoms. The maximum atomic E-state index is 12.6. The molecule has 1 aliphatic rings. The molecule has 0 saturated carbocycles. The molecule has 0 bridgehead atoms. The van der Waals surface area contributed by atoms with Crippen LogP contribution in [0.3, 0.4) is 0 Å². The van der Waals surface area contributed by atoms with Crippen molar-refractivity contribution in [2.24, 2.45) is 0 Å². The lowest BCUT2D eigenvalue weighted by atomic mass is 10.1. The second-order valence-electron chi connectivity index (χ2n) is 6.24. The predicted molar refractivity (Wildman–Crippen MR) is 107 cm³/mol. The van der Waals surface area contributed by atoms with E-state index in [1.165, 1.54) is 0 Å². The Morgan fingerprint density at radius 3 is 2.42 bits per heavy atom. The molecule has 0 aromatic heterocycles. The topological polar surface area (TPSA) is 44.8 Å². The van der Waals surface area contributed by atoms with Crippen LogP contribution in [0, 0.1) is 0 Å². The van der Waals surface area contributed by atoms with Crippen LogP contribution < -0.4 is 15.0 Å². The van der Waals surface area contributed by atoms with E-state index in [2.05, 4.69) is 22.0 Å². The molecule has 3 rings (SSSR count). The molecule has 0 atom stereocenters. The molecule has 138 valence electrons. The summed E-state index contributed by atoms with van der Waals surface area (Å²) >= 11 is 6.48. The van der Waals surface area contributed by atoms with Gasteiger partial charge in [0, 0.05) is 31.7 Å². The number of anilines is 2. The average Bonchev–Trinajstić information content (AvgIpc) is 2.68. The second kappa shape index (κ2) is 8.43. The number of hydrogen-bond acceptors (Lipinski definition) is 4. The molecule has 5 nitrogen and oxygen atoms in total. The number of methoxy groups -OCH3 is 1. The molecule has 0 radical (unpaired) electrons. The number of halogens is 1. The highest BCUT2D eigenvalue weighted by Gasteiger charge is 2.21. The van der Waals surface area contributed by atoms with Crippen molar-refractivity contribution in [3.63, 3.8) is 0 Å². The first kappa shape index (κ1) is 18.5. The molecule has 1 heterocycles. The van der Waals surface area contributed by atoms with E-state index in [9.17, 15) is 4.79 Å². The van der Waals surface area contributed by atoms with Crippen LogP contribution in [0.15, 0.2) is 42.5 Å². The van der Waals surface area contributed by atoms with Gasteiger partial charge in [0.25, 0.3) is 5.91 Å². The summed E-state index contributed by atoms with van der Waals surface area (Å²) in [6, 6.07) is 12.7. The fourth-order valence-corrected chi connectivity index (χ4v) is 3.46.